The first-order valence-corrected chi connectivity index (χ1v) is 5.74. The Kier molecular flexibility index (Phi) is 4.31. The van der Waals surface area contributed by atoms with Crippen LogP contribution < -0.4 is 5.11 Å². The fourth-order valence-electron chi connectivity index (χ4n) is 1.93. The van der Waals surface area contributed by atoms with Gasteiger partial charge in [-0.25, -0.2) is 0 Å². The van der Waals surface area contributed by atoms with Crippen molar-refractivity contribution in [3.63, 3.8) is 0 Å². The number of amides is 1. The quantitative estimate of drug-likeness (QED) is 0.744. The number of alkyl halides is 3. The van der Waals surface area contributed by atoms with Crippen LogP contribution in [0.2, 0.25) is 0 Å². The topological polar surface area (TPSA) is 43.4 Å². The molecule has 1 fully saturated rings. The van der Waals surface area contributed by atoms with E-state index in [1.165, 1.54) is 0 Å². The largest absolute Gasteiger partial charge is 0.530 e. The summed E-state index contributed by atoms with van der Waals surface area (Å²) in [7, 11) is 0. The Hall–Kier alpha value is -0.390. The highest BCUT2D eigenvalue weighted by molar-refractivity contribution is 9.10. The maximum atomic E-state index is 12.7. The number of nitrogens with zero attached hydrogens (tertiary/aromatic N) is 1. The SMILES string of the molecule is O=C([O-])N(CC(F)(F)Br)C1CCCCC1. The van der Waals surface area contributed by atoms with Crippen molar-refractivity contribution in [2.75, 3.05) is 6.54 Å². The Morgan fingerprint density at radius 1 is 1.40 bits per heavy atom. The normalized spacial score (nSPS) is 18.9. The molecule has 0 spiro atoms. The molecule has 1 aliphatic rings. The van der Waals surface area contributed by atoms with Crippen molar-refractivity contribution in [1.29, 1.82) is 0 Å². The minimum atomic E-state index is -3.18. The van der Waals surface area contributed by atoms with E-state index in [0.717, 1.165) is 24.2 Å². The molecule has 0 aromatic carbocycles. The second-order valence-electron chi connectivity index (χ2n) is 3.80. The zero-order valence-corrected chi connectivity index (χ0v) is 9.80. The molecule has 1 rings (SSSR count). The van der Waals surface area contributed by atoms with Crippen molar-refractivity contribution in [3.8, 4) is 0 Å². The summed E-state index contributed by atoms with van der Waals surface area (Å²) in [5, 5.41) is 10.7. The van der Waals surface area contributed by atoms with Crippen LogP contribution >= 0.6 is 15.9 Å². The first-order valence-electron chi connectivity index (χ1n) is 4.94. The predicted molar refractivity (Wildman–Crippen MR) is 52.8 cm³/mol. The lowest BCUT2D eigenvalue weighted by atomic mass is 9.94. The number of hydrogen-bond acceptors (Lipinski definition) is 2. The van der Waals surface area contributed by atoms with Gasteiger partial charge in [0.1, 0.15) is 6.09 Å². The molecular weight excluding hydrogens is 272 g/mol. The third kappa shape index (κ3) is 4.32. The first kappa shape index (κ1) is 12.7. The van der Waals surface area contributed by atoms with Gasteiger partial charge in [0.2, 0.25) is 0 Å². The standard InChI is InChI=1S/C9H14BrF2NO2/c10-9(11,12)6-13(8(14)15)7-4-2-1-3-5-7/h7H,1-6H2,(H,14,15)/p-1. The van der Waals surface area contributed by atoms with Gasteiger partial charge in [-0.3, -0.25) is 0 Å². The van der Waals surface area contributed by atoms with E-state index in [1.807, 2.05) is 0 Å². The molecule has 15 heavy (non-hydrogen) atoms. The average Bonchev–Trinajstić information content (AvgIpc) is 2.14. The number of carbonyl (C=O) groups is 1. The smallest absolute Gasteiger partial charge is 0.318 e. The summed E-state index contributed by atoms with van der Waals surface area (Å²) in [5.74, 6) is 0. The monoisotopic (exact) mass is 284 g/mol. The molecule has 0 heterocycles. The lowest BCUT2D eigenvalue weighted by Crippen LogP contribution is -2.51. The van der Waals surface area contributed by atoms with Crippen LogP contribution in [0.1, 0.15) is 32.1 Å². The van der Waals surface area contributed by atoms with E-state index in [4.69, 9.17) is 0 Å². The molecule has 6 heteroatoms. The number of carbonyl (C=O) groups excluding carboxylic acids is 1. The third-order valence-corrected chi connectivity index (χ3v) is 2.85. The fourth-order valence-corrected chi connectivity index (χ4v) is 2.20. The third-order valence-electron chi connectivity index (χ3n) is 2.60. The van der Waals surface area contributed by atoms with E-state index in [1.54, 1.807) is 0 Å². The molecule has 0 radical (unpaired) electrons. The Morgan fingerprint density at radius 2 is 1.93 bits per heavy atom. The molecule has 88 valence electrons. The molecule has 0 aliphatic heterocycles. The van der Waals surface area contributed by atoms with Crippen LogP contribution in [0.3, 0.4) is 0 Å². The summed E-state index contributed by atoms with van der Waals surface area (Å²) < 4.78 is 25.3. The van der Waals surface area contributed by atoms with Gasteiger partial charge < -0.3 is 14.8 Å². The molecule has 3 nitrogen and oxygen atoms in total. The van der Waals surface area contributed by atoms with Gasteiger partial charge in [-0.1, -0.05) is 19.3 Å². The summed E-state index contributed by atoms with van der Waals surface area (Å²) >= 11 is 2.15. The molecule has 0 atom stereocenters. The molecular formula is C9H13BrF2NO2-. The summed E-state index contributed by atoms with van der Waals surface area (Å²) in [6.45, 7) is -0.833. The van der Waals surface area contributed by atoms with E-state index in [2.05, 4.69) is 15.9 Å². The van der Waals surface area contributed by atoms with Gasteiger partial charge in [0.15, 0.2) is 0 Å². The van der Waals surface area contributed by atoms with Gasteiger partial charge in [0, 0.05) is 6.04 Å². The molecule has 0 N–H and O–H groups in total. The summed E-state index contributed by atoms with van der Waals surface area (Å²) in [5.41, 5.74) is 0. The van der Waals surface area contributed by atoms with Gasteiger partial charge in [-0.2, -0.15) is 8.78 Å². The van der Waals surface area contributed by atoms with Gasteiger partial charge >= 0.3 is 4.83 Å². The average molecular weight is 285 g/mol. The van der Waals surface area contributed by atoms with E-state index in [9.17, 15) is 18.7 Å². The zero-order valence-electron chi connectivity index (χ0n) is 8.22. The van der Waals surface area contributed by atoms with E-state index < -0.39 is 17.5 Å². The van der Waals surface area contributed by atoms with Crippen LogP contribution in [0.25, 0.3) is 0 Å². The van der Waals surface area contributed by atoms with Crippen molar-refractivity contribution < 1.29 is 18.7 Å². The van der Waals surface area contributed by atoms with Crippen LogP contribution in [0.5, 0.6) is 0 Å². The highest BCUT2D eigenvalue weighted by atomic mass is 79.9. The van der Waals surface area contributed by atoms with Crippen molar-refractivity contribution in [1.82, 2.24) is 4.90 Å². The molecule has 0 aromatic heterocycles. The number of rotatable bonds is 3. The Labute approximate surface area is 95.6 Å². The van der Waals surface area contributed by atoms with E-state index in [0.29, 0.717) is 12.8 Å². The zero-order chi connectivity index (χ0) is 11.5. The minimum Gasteiger partial charge on any atom is -0.530 e. The maximum absolute atomic E-state index is 12.7. The second-order valence-corrected chi connectivity index (χ2v) is 4.96. The molecule has 0 saturated heterocycles. The van der Waals surface area contributed by atoms with Gasteiger partial charge in [0.05, 0.1) is 6.54 Å². The molecule has 1 saturated carbocycles. The van der Waals surface area contributed by atoms with Gasteiger partial charge in [0.25, 0.3) is 0 Å². The van der Waals surface area contributed by atoms with Crippen molar-refractivity contribution in [2.45, 2.75) is 43.0 Å². The predicted octanol–water partition coefficient (Wildman–Crippen LogP) is 1.95. The Morgan fingerprint density at radius 3 is 2.33 bits per heavy atom. The van der Waals surface area contributed by atoms with Crippen LogP contribution in [-0.4, -0.2) is 28.4 Å². The summed E-state index contributed by atoms with van der Waals surface area (Å²) in [6, 6.07) is -0.313. The van der Waals surface area contributed by atoms with Gasteiger partial charge in [-0.15, -0.1) is 0 Å². The Bertz CT molecular complexity index is 227. The highest BCUT2D eigenvalue weighted by Crippen LogP contribution is 2.28. The van der Waals surface area contributed by atoms with Crippen molar-refractivity contribution in [3.05, 3.63) is 0 Å². The Balaban J connectivity index is 2.60. The van der Waals surface area contributed by atoms with E-state index in [-0.39, 0.29) is 6.04 Å². The summed E-state index contributed by atoms with van der Waals surface area (Å²) in [4.78, 5) is 8.30. The fraction of sp³-hybridized carbons (Fsp3) is 0.889. The maximum Gasteiger partial charge on any atom is 0.318 e. The molecule has 0 aromatic rings. The van der Waals surface area contributed by atoms with E-state index >= 15 is 0 Å². The second kappa shape index (κ2) is 5.09. The van der Waals surface area contributed by atoms with Crippen LogP contribution in [-0.2, 0) is 0 Å². The van der Waals surface area contributed by atoms with Crippen LogP contribution in [0, 0.1) is 0 Å². The number of halogens is 3. The van der Waals surface area contributed by atoms with Crippen LogP contribution in [0.4, 0.5) is 13.6 Å². The lowest BCUT2D eigenvalue weighted by molar-refractivity contribution is -0.270. The number of carboxylic acid groups (broad SMARTS) is 1. The molecule has 1 aliphatic carbocycles. The van der Waals surface area contributed by atoms with Crippen LogP contribution in [0.15, 0.2) is 0 Å². The summed E-state index contributed by atoms with van der Waals surface area (Å²) in [6.07, 6.45) is 2.61. The molecule has 1 amide bonds. The molecule has 0 bridgehead atoms. The molecule has 0 unspecified atom stereocenters. The lowest BCUT2D eigenvalue weighted by Gasteiger charge is -2.37. The highest BCUT2D eigenvalue weighted by Gasteiger charge is 2.31. The number of hydrogen-bond donors (Lipinski definition) is 0. The minimum absolute atomic E-state index is 0.313. The first-order chi connectivity index (χ1) is 6.90. The van der Waals surface area contributed by atoms with Crippen molar-refractivity contribution in [2.24, 2.45) is 0 Å². The van der Waals surface area contributed by atoms with Crippen molar-refractivity contribution >= 4 is 22.0 Å². The van der Waals surface area contributed by atoms with Gasteiger partial charge in [-0.05, 0) is 28.8 Å².